The van der Waals surface area contributed by atoms with E-state index >= 15 is 0 Å². The van der Waals surface area contributed by atoms with Crippen molar-refractivity contribution in [3.05, 3.63) is 53.1 Å². The van der Waals surface area contributed by atoms with Crippen molar-refractivity contribution in [2.45, 2.75) is 20.4 Å². The number of nitrogens with zero attached hydrogens (tertiary/aromatic N) is 1. The van der Waals surface area contributed by atoms with Gasteiger partial charge in [0.2, 0.25) is 0 Å². The number of ether oxygens (including phenoxy) is 1. The highest BCUT2D eigenvalue weighted by atomic mass is 32.1. The summed E-state index contributed by atoms with van der Waals surface area (Å²) in [5.41, 5.74) is 4.62. The summed E-state index contributed by atoms with van der Waals surface area (Å²) in [5, 5.41) is 4.36. The van der Waals surface area contributed by atoms with E-state index in [0.29, 0.717) is 0 Å². The summed E-state index contributed by atoms with van der Waals surface area (Å²) in [6.07, 6.45) is 0. The first-order valence-electron chi connectivity index (χ1n) is 6.91. The fourth-order valence-electron chi connectivity index (χ4n) is 2.39. The molecule has 3 rings (SSSR count). The van der Waals surface area contributed by atoms with Crippen LogP contribution < -0.4 is 10.1 Å². The van der Waals surface area contributed by atoms with E-state index in [9.17, 15) is 0 Å². The topological polar surface area (TPSA) is 34.1 Å². The molecule has 1 aromatic heterocycles. The van der Waals surface area contributed by atoms with Crippen molar-refractivity contribution >= 4 is 26.7 Å². The van der Waals surface area contributed by atoms with E-state index in [-0.39, 0.29) is 0 Å². The lowest BCUT2D eigenvalue weighted by Gasteiger charge is -2.06. The van der Waals surface area contributed by atoms with Crippen LogP contribution in [-0.2, 0) is 6.54 Å². The van der Waals surface area contributed by atoms with Crippen LogP contribution >= 0.6 is 11.3 Å². The molecule has 1 N–H and O–H groups in total. The molecule has 0 saturated heterocycles. The first-order valence-corrected chi connectivity index (χ1v) is 7.73. The molecule has 0 unspecified atom stereocenters. The quantitative estimate of drug-likeness (QED) is 0.768. The van der Waals surface area contributed by atoms with Crippen molar-refractivity contribution < 1.29 is 4.74 Å². The second-order valence-corrected chi connectivity index (χ2v) is 6.06. The monoisotopic (exact) mass is 298 g/mol. The third kappa shape index (κ3) is 2.72. The van der Waals surface area contributed by atoms with E-state index in [0.717, 1.165) is 34.1 Å². The van der Waals surface area contributed by atoms with Crippen LogP contribution in [0.2, 0.25) is 0 Å². The summed E-state index contributed by atoms with van der Waals surface area (Å²) in [5.74, 6) is 0.929. The minimum absolute atomic E-state index is 0.788. The molecule has 0 atom stereocenters. The summed E-state index contributed by atoms with van der Waals surface area (Å²) < 4.78 is 6.63. The van der Waals surface area contributed by atoms with E-state index < -0.39 is 0 Å². The summed E-state index contributed by atoms with van der Waals surface area (Å²) in [6.45, 7) is 4.95. The van der Waals surface area contributed by atoms with Crippen LogP contribution in [-0.4, -0.2) is 12.1 Å². The molecule has 2 aromatic carbocycles. The lowest BCUT2D eigenvalue weighted by Crippen LogP contribution is -1.98. The van der Waals surface area contributed by atoms with Crippen LogP contribution in [0.25, 0.3) is 10.2 Å². The molecular formula is C17H18N2OS. The molecule has 0 amide bonds. The Morgan fingerprint density at radius 3 is 2.67 bits per heavy atom. The highest BCUT2D eigenvalue weighted by Crippen LogP contribution is 2.36. The number of fused-ring (bicyclic) bond motifs is 1. The Morgan fingerprint density at radius 2 is 1.95 bits per heavy atom. The van der Waals surface area contributed by atoms with Gasteiger partial charge in [-0.25, -0.2) is 4.98 Å². The molecule has 0 saturated carbocycles. The smallest absolute Gasteiger partial charge is 0.184 e. The molecule has 3 nitrogen and oxygen atoms in total. The molecule has 3 aromatic rings. The molecule has 21 heavy (non-hydrogen) atoms. The van der Waals surface area contributed by atoms with Gasteiger partial charge in [-0.05, 0) is 31.0 Å². The minimum atomic E-state index is 0.788. The maximum absolute atomic E-state index is 5.43. The van der Waals surface area contributed by atoms with Gasteiger partial charge >= 0.3 is 0 Å². The van der Waals surface area contributed by atoms with E-state index in [1.807, 2.05) is 6.07 Å². The average Bonchev–Trinajstić information content (AvgIpc) is 2.95. The Bertz CT molecular complexity index is 765. The summed E-state index contributed by atoms with van der Waals surface area (Å²) >= 11 is 1.68. The van der Waals surface area contributed by atoms with Gasteiger partial charge in [0.05, 0.1) is 17.3 Å². The lowest BCUT2D eigenvalue weighted by molar-refractivity contribution is 0.412. The lowest BCUT2D eigenvalue weighted by atomic mass is 10.1. The van der Waals surface area contributed by atoms with Gasteiger partial charge in [0.15, 0.2) is 5.13 Å². The van der Waals surface area contributed by atoms with Gasteiger partial charge in [0, 0.05) is 12.1 Å². The Balaban J connectivity index is 1.91. The highest BCUT2D eigenvalue weighted by Gasteiger charge is 2.12. The van der Waals surface area contributed by atoms with Crippen LogP contribution in [0.1, 0.15) is 16.7 Å². The number of anilines is 1. The molecule has 0 aliphatic rings. The number of methoxy groups -OCH3 is 1. The van der Waals surface area contributed by atoms with Crippen LogP contribution in [0, 0.1) is 13.8 Å². The number of aromatic nitrogens is 1. The third-order valence-electron chi connectivity index (χ3n) is 3.56. The second kappa shape index (κ2) is 5.74. The number of hydrogen-bond acceptors (Lipinski definition) is 4. The number of rotatable bonds is 4. The van der Waals surface area contributed by atoms with Crippen LogP contribution in [0.4, 0.5) is 5.13 Å². The van der Waals surface area contributed by atoms with Crippen molar-refractivity contribution in [3.63, 3.8) is 0 Å². The Morgan fingerprint density at radius 1 is 1.19 bits per heavy atom. The summed E-state index contributed by atoms with van der Waals surface area (Å²) in [6, 6.07) is 12.4. The molecule has 0 spiro atoms. The fourth-order valence-corrected chi connectivity index (χ4v) is 3.42. The number of nitrogens with one attached hydrogen (secondary N) is 1. The Kier molecular flexibility index (Phi) is 3.80. The van der Waals surface area contributed by atoms with Crippen molar-refractivity contribution in [1.29, 1.82) is 0 Å². The molecule has 0 bridgehead atoms. The normalized spacial score (nSPS) is 10.8. The molecule has 1 heterocycles. The summed E-state index contributed by atoms with van der Waals surface area (Å²) in [4.78, 5) is 4.72. The van der Waals surface area contributed by atoms with Gasteiger partial charge in [-0.15, -0.1) is 0 Å². The fraction of sp³-hybridized carbons (Fsp3) is 0.235. The van der Waals surface area contributed by atoms with Crippen molar-refractivity contribution in [1.82, 2.24) is 4.98 Å². The Hall–Kier alpha value is -2.07. The Labute approximate surface area is 128 Å². The molecular weight excluding hydrogens is 280 g/mol. The van der Waals surface area contributed by atoms with Gasteiger partial charge in [0.25, 0.3) is 0 Å². The number of aryl methyl sites for hydroxylation is 2. The average molecular weight is 298 g/mol. The predicted molar refractivity (Wildman–Crippen MR) is 89.4 cm³/mol. The van der Waals surface area contributed by atoms with E-state index in [2.05, 4.69) is 49.5 Å². The first-order chi connectivity index (χ1) is 10.2. The zero-order chi connectivity index (χ0) is 14.8. The zero-order valence-corrected chi connectivity index (χ0v) is 13.3. The highest BCUT2D eigenvalue weighted by molar-refractivity contribution is 7.22. The van der Waals surface area contributed by atoms with Crippen molar-refractivity contribution in [3.8, 4) is 5.75 Å². The molecule has 0 aliphatic carbocycles. The van der Waals surface area contributed by atoms with Crippen LogP contribution in [0.5, 0.6) is 5.75 Å². The van der Waals surface area contributed by atoms with E-state index in [1.165, 1.54) is 10.3 Å². The zero-order valence-electron chi connectivity index (χ0n) is 12.4. The second-order valence-electron chi connectivity index (χ2n) is 5.06. The molecule has 4 heteroatoms. The van der Waals surface area contributed by atoms with Gasteiger partial charge < -0.3 is 10.1 Å². The standard InChI is InChI=1S/C17H18N2OS/c1-11-9-14(20-3)12(2)16-15(11)19-17(21-16)18-10-13-7-5-4-6-8-13/h4-9H,10H2,1-3H3,(H,18,19). The van der Waals surface area contributed by atoms with Crippen LogP contribution in [0.15, 0.2) is 36.4 Å². The third-order valence-corrected chi connectivity index (χ3v) is 4.70. The molecule has 0 fully saturated rings. The van der Waals surface area contributed by atoms with E-state index in [1.54, 1.807) is 18.4 Å². The number of thiazole rings is 1. The van der Waals surface area contributed by atoms with E-state index in [4.69, 9.17) is 9.72 Å². The number of benzene rings is 2. The summed E-state index contributed by atoms with van der Waals surface area (Å²) in [7, 11) is 1.71. The SMILES string of the molecule is COc1cc(C)c2nc(NCc3ccccc3)sc2c1C. The number of hydrogen-bond donors (Lipinski definition) is 1. The van der Waals surface area contributed by atoms with Gasteiger partial charge in [-0.2, -0.15) is 0 Å². The van der Waals surface area contributed by atoms with Crippen LogP contribution in [0.3, 0.4) is 0 Å². The first kappa shape index (κ1) is 13.9. The maximum atomic E-state index is 5.43. The van der Waals surface area contributed by atoms with Crippen molar-refractivity contribution in [2.24, 2.45) is 0 Å². The van der Waals surface area contributed by atoms with Gasteiger partial charge in [-0.3, -0.25) is 0 Å². The molecule has 108 valence electrons. The van der Waals surface area contributed by atoms with Gasteiger partial charge in [0.1, 0.15) is 5.75 Å². The predicted octanol–water partition coefficient (Wildman–Crippen LogP) is 4.53. The largest absolute Gasteiger partial charge is 0.496 e. The minimum Gasteiger partial charge on any atom is -0.496 e. The molecule has 0 aliphatic heterocycles. The maximum Gasteiger partial charge on any atom is 0.184 e. The van der Waals surface area contributed by atoms with Gasteiger partial charge in [-0.1, -0.05) is 41.7 Å². The van der Waals surface area contributed by atoms with Crippen molar-refractivity contribution in [2.75, 3.05) is 12.4 Å². The molecule has 0 radical (unpaired) electrons.